The van der Waals surface area contributed by atoms with E-state index in [-0.39, 0.29) is 6.61 Å². The molecular formula is C14H21ClN2O. The molecule has 0 aliphatic carbocycles. The topological polar surface area (TPSA) is 26.7 Å². The fourth-order valence-electron chi connectivity index (χ4n) is 2.85. The summed E-state index contributed by atoms with van der Waals surface area (Å²) in [6, 6.07) is 6.26. The fourth-order valence-corrected chi connectivity index (χ4v) is 3.16. The number of hydrogen-bond acceptors (Lipinski definition) is 3. The monoisotopic (exact) mass is 268 g/mol. The molecule has 1 aliphatic heterocycles. The van der Waals surface area contributed by atoms with E-state index >= 15 is 0 Å². The maximum Gasteiger partial charge on any atom is 0.0702 e. The van der Waals surface area contributed by atoms with Gasteiger partial charge in [-0.2, -0.15) is 0 Å². The standard InChI is InChI=1S/C14H21ClN2O/c1-10-7-17(8-13(10)16(2)3)14-11(9-18)5-4-6-12(14)15/h4-6,10,13,18H,7-9H2,1-3H3. The van der Waals surface area contributed by atoms with Crippen LogP contribution < -0.4 is 4.90 Å². The Hall–Kier alpha value is -0.770. The Morgan fingerprint density at radius 3 is 2.67 bits per heavy atom. The number of para-hydroxylation sites is 1. The van der Waals surface area contributed by atoms with Gasteiger partial charge >= 0.3 is 0 Å². The Bertz CT molecular complexity index is 422. The molecule has 1 heterocycles. The molecule has 0 amide bonds. The summed E-state index contributed by atoms with van der Waals surface area (Å²) in [7, 11) is 4.23. The summed E-state index contributed by atoms with van der Waals surface area (Å²) in [5.41, 5.74) is 1.91. The maximum absolute atomic E-state index is 9.45. The number of anilines is 1. The number of rotatable bonds is 3. The summed E-state index contributed by atoms with van der Waals surface area (Å²) in [5.74, 6) is 0.600. The summed E-state index contributed by atoms with van der Waals surface area (Å²) in [5, 5.41) is 10.2. The van der Waals surface area contributed by atoms with E-state index in [1.165, 1.54) is 0 Å². The molecule has 0 radical (unpaired) electrons. The van der Waals surface area contributed by atoms with E-state index in [0.29, 0.717) is 12.0 Å². The first-order chi connectivity index (χ1) is 8.54. The molecule has 4 heteroatoms. The van der Waals surface area contributed by atoms with Crippen LogP contribution in [0.15, 0.2) is 18.2 Å². The summed E-state index contributed by atoms with van der Waals surface area (Å²) < 4.78 is 0. The van der Waals surface area contributed by atoms with E-state index in [9.17, 15) is 5.11 Å². The molecule has 2 unspecified atom stereocenters. The van der Waals surface area contributed by atoms with Gasteiger partial charge in [-0.15, -0.1) is 0 Å². The Morgan fingerprint density at radius 2 is 2.11 bits per heavy atom. The first-order valence-corrected chi connectivity index (χ1v) is 6.72. The molecule has 1 saturated heterocycles. The van der Waals surface area contributed by atoms with Crippen LogP contribution in [0, 0.1) is 5.92 Å². The third-order valence-corrected chi connectivity index (χ3v) is 4.10. The van der Waals surface area contributed by atoms with Crippen LogP contribution >= 0.6 is 11.6 Å². The first-order valence-electron chi connectivity index (χ1n) is 6.34. The van der Waals surface area contributed by atoms with E-state index in [4.69, 9.17) is 11.6 Å². The number of aliphatic hydroxyl groups excluding tert-OH is 1. The second kappa shape index (κ2) is 5.47. The lowest BCUT2D eigenvalue weighted by atomic mass is 10.1. The molecule has 0 aromatic heterocycles. The lowest BCUT2D eigenvalue weighted by molar-refractivity contribution is 0.266. The van der Waals surface area contributed by atoms with Crippen molar-refractivity contribution in [3.8, 4) is 0 Å². The minimum absolute atomic E-state index is 0.0351. The average molecular weight is 269 g/mol. The van der Waals surface area contributed by atoms with Gasteiger partial charge in [0.25, 0.3) is 0 Å². The highest BCUT2D eigenvalue weighted by Crippen LogP contribution is 2.34. The van der Waals surface area contributed by atoms with Crippen molar-refractivity contribution in [3.05, 3.63) is 28.8 Å². The highest BCUT2D eigenvalue weighted by atomic mass is 35.5. The summed E-state index contributed by atoms with van der Waals surface area (Å²) in [6.07, 6.45) is 0. The van der Waals surface area contributed by atoms with Gasteiger partial charge in [-0.05, 0) is 26.1 Å². The third kappa shape index (κ3) is 2.48. The van der Waals surface area contributed by atoms with Crippen molar-refractivity contribution >= 4 is 17.3 Å². The SMILES string of the molecule is CC1CN(c2c(Cl)cccc2CO)CC1N(C)C. The van der Waals surface area contributed by atoms with Crippen LogP contribution in [0.3, 0.4) is 0 Å². The van der Waals surface area contributed by atoms with Gasteiger partial charge in [0, 0.05) is 24.7 Å². The van der Waals surface area contributed by atoms with Gasteiger partial charge in [0.15, 0.2) is 0 Å². The predicted octanol–water partition coefficient (Wildman–Crippen LogP) is 2.22. The molecule has 0 bridgehead atoms. The van der Waals surface area contributed by atoms with Gasteiger partial charge in [-0.1, -0.05) is 30.7 Å². The molecule has 1 fully saturated rings. The van der Waals surface area contributed by atoms with Crippen LogP contribution in [0.2, 0.25) is 5.02 Å². The minimum Gasteiger partial charge on any atom is -0.392 e. The molecule has 3 nitrogen and oxygen atoms in total. The van der Waals surface area contributed by atoms with Gasteiger partial charge in [0.2, 0.25) is 0 Å². The molecule has 1 aromatic rings. The molecule has 18 heavy (non-hydrogen) atoms. The summed E-state index contributed by atoms with van der Waals surface area (Å²) in [6.45, 7) is 4.25. The first kappa shape index (κ1) is 13.7. The molecule has 0 spiro atoms. The van der Waals surface area contributed by atoms with E-state index in [2.05, 4.69) is 30.8 Å². The van der Waals surface area contributed by atoms with Gasteiger partial charge in [-0.25, -0.2) is 0 Å². The zero-order chi connectivity index (χ0) is 13.3. The van der Waals surface area contributed by atoms with Crippen LogP contribution in [-0.4, -0.2) is 43.2 Å². The molecule has 0 saturated carbocycles. The number of halogens is 1. The van der Waals surface area contributed by atoms with Crippen molar-refractivity contribution in [1.82, 2.24) is 4.90 Å². The number of benzene rings is 1. The number of likely N-dealkylation sites (N-methyl/N-ethyl adjacent to an activating group) is 1. The molecular weight excluding hydrogens is 248 g/mol. The van der Waals surface area contributed by atoms with Gasteiger partial charge in [0.1, 0.15) is 0 Å². The molecule has 2 atom stereocenters. The van der Waals surface area contributed by atoms with Crippen molar-refractivity contribution < 1.29 is 5.11 Å². The average Bonchev–Trinajstić information content (AvgIpc) is 2.70. The zero-order valence-corrected chi connectivity index (χ0v) is 12.0. The number of aliphatic hydroxyl groups is 1. The molecule has 1 N–H and O–H groups in total. The van der Waals surface area contributed by atoms with Crippen LogP contribution in [0.5, 0.6) is 0 Å². The van der Waals surface area contributed by atoms with E-state index < -0.39 is 0 Å². The Kier molecular flexibility index (Phi) is 4.15. The smallest absolute Gasteiger partial charge is 0.0702 e. The van der Waals surface area contributed by atoms with Crippen molar-refractivity contribution in [2.75, 3.05) is 32.1 Å². The van der Waals surface area contributed by atoms with Gasteiger partial charge in [0.05, 0.1) is 17.3 Å². The minimum atomic E-state index is 0.0351. The van der Waals surface area contributed by atoms with Crippen LogP contribution in [0.4, 0.5) is 5.69 Å². The molecule has 2 rings (SSSR count). The summed E-state index contributed by atoms with van der Waals surface area (Å²) >= 11 is 6.30. The lowest BCUT2D eigenvalue weighted by Gasteiger charge is -2.24. The van der Waals surface area contributed by atoms with Crippen molar-refractivity contribution in [2.24, 2.45) is 5.92 Å². The van der Waals surface area contributed by atoms with Crippen LogP contribution in [-0.2, 0) is 6.61 Å². The Labute approximate surface area is 114 Å². The van der Waals surface area contributed by atoms with Gasteiger partial charge < -0.3 is 14.9 Å². The van der Waals surface area contributed by atoms with E-state index in [1.807, 2.05) is 18.2 Å². The normalized spacial score (nSPS) is 24.0. The fraction of sp³-hybridized carbons (Fsp3) is 0.571. The number of nitrogens with zero attached hydrogens (tertiary/aromatic N) is 2. The highest BCUT2D eigenvalue weighted by Gasteiger charge is 2.32. The van der Waals surface area contributed by atoms with Crippen molar-refractivity contribution in [1.29, 1.82) is 0 Å². The number of hydrogen-bond donors (Lipinski definition) is 1. The van der Waals surface area contributed by atoms with E-state index in [1.54, 1.807) is 0 Å². The maximum atomic E-state index is 9.45. The molecule has 100 valence electrons. The Morgan fingerprint density at radius 1 is 1.39 bits per heavy atom. The van der Waals surface area contributed by atoms with Crippen molar-refractivity contribution in [2.45, 2.75) is 19.6 Å². The molecule has 1 aliphatic rings. The lowest BCUT2D eigenvalue weighted by Crippen LogP contribution is -2.34. The Balaban J connectivity index is 2.29. The van der Waals surface area contributed by atoms with Crippen molar-refractivity contribution in [3.63, 3.8) is 0 Å². The second-order valence-corrected chi connectivity index (χ2v) is 5.73. The van der Waals surface area contributed by atoms with E-state index in [0.717, 1.165) is 29.4 Å². The predicted molar refractivity (Wildman–Crippen MR) is 76.2 cm³/mol. The highest BCUT2D eigenvalue weighted by molar-refractivity contribution is 6.33. The zero-order valence-electron chi connectivity index (χ0n) is 11.2. The molecule has 1 aromatic carbocycles. The second-order valence-electron chi connectivity index (χ2n) is 5.32. The van der Waals surface area contributed by atoms with Gasteiger partial charge in [-0.3, -0.25) is 0 Å². The third-order valence-electron chi connectivity index (χ3n) is 3.79. The summed E-state index contributed by atoms with van der Waals surface area (Å²) in [4.78, 5) is 4.56. The largest absolute Gasteiger partial charge is 0.392 e. The van der Waals surface area contributed by atoms with Crippen LogP contribution in [0.1, 0.15) is 12.5 Å². The van der Waals surface area contributed by atoms with Crippen LogP contribution in [0.25, 0.3) is 0 Å². The quantitative estimate of drug-likeness (QED) is 0.911.